The highest BCUT2D eigenvalue weighted by Crippen LogP contribution is 2.45. The number of hydrogen-bond acceptors (Lipinski definition) is 5. The predicted molar refractivity (Wildman–Crippen MR) is 125 cm³/mol. The van der Waals surface area contributed by atoms with Gasteiger partial charge in [-0.1, -0.05) is 63.6 Å². The van der Waals surface area contributed by atoms with E-state index in [9.17, 15) is 0 Å². The molecular formula is C24H28N4S. The number of fused-ring (bicyclic) bond motifs is 3. The second kappa shape index (κ2) is 8.46. The Hall–Kier alpha value is -2.53. The maximum atomic E-state index is 4.54. The van der Waals surface area contributed by atoms with E-state index < -0.39 is 0 Å². The Bertz CT molecular complexity index is 1030. The molecule has 4 nitrogen and oxygen atoms in total. The molecule has 2 heterocycles. The first-order chi connectivity index (χ1) is 14.1. The highest BCUT2D eigenvalue weighted by molar-refractivity contribution is 7.19. The average molecular weight is 405 g/mol. The summed E-state index contributed by atoms with van der Waals surface area (Å²) >= 11 is 1.82. The minimum Gasteiger partial charge on any atom is -0.261 e. The van der Waals surface area contributed by atoms with Crippen LogP contribution in [0.5, 0.6) is 0 Å². The van der Waals surface area contributed by atoms with Gasteiger partial charge in [0.1, 0.15) is 11.2 Å². The number of aromatic nitrogens is 2. The van der Waals surface area contributed by atoms with Gasteiger partial charge in [-0.15, -0.1) is 11.3 Å². The van der Waals surface area contributed by atoms with Crippen molar-refractivity contribution in [1.82, 2.24) is 9.97 Å². The van der Waals surface area contributed by atoms with E-state index in [0.29, 0.717) is 11.3 Å². The van der Waals surface area contributed by atoms with E-state index in [-0.39, 0.29) is 0 Å². The molecule has 3 aromatic rings. The third kappa shape index (κ3) is 4.25. The van der Waals surface area contributed by atoms with Crippen molar-refractivity contribution in [2.24, 2.45) is 16.4 Å². The summed E-state index contributed by atoms with van der Waals surface area (Å²) in [5, 5.41) is 5.53. The van der Waals surface area contributed by atoms with E-state index in [1.165, 1.54) is 23.3 Å². The van der Waals surface area contributed by atoms with Crippen LogP contribution < -0.4 is 5.43 Å². The van der Waals surface area contributed by atoms with Crippen molar-refractivity contribution >= 4 is 39.7 Å². The molecule has 1 unspecified atom stereocenters. The van der Waals surface area contributed by atoms with Crippen molar-refractivity contribution in [3.05, 3.63) is 58.7 Å². The summed E-state index contributed by atoms with van der Waals surface area (Å²) in [4.78, 5) is 11.6. The van der Waals surface area contributed by atoms with Crippen molar-refractivity contribution in [2.75, 3.05) is 5.43 Å². The number of rotatable bonds is 6. The van der Waals surface area contributed by atoms with Crippen LogP contribution >= 0.6 is 11.3 Å². The highest BCUT2D eigenvalue weighted by Gasteiger charge is 2.33. The summed E-state index contributed by atoms with van der Waals surface area (Å²) in [6, 6.07) is 10.2. The molecule has 0 saturated carbocycles. The Morgan fingerprint density at radius 1 is 1.24 bits per heavy atom. The van der Waals surface area contributed by atoms with Gasteiger partial charge in [-0.25, -0.2) is 9.97 Å². The lowest BCUT2D eigenvalue weighted by atomic mass is 9.69. The maximum absolute atomic E-state index is 4.54. The lowest BCUT2D eigenvalue weighted by Gasteiger charge is -2.36. The number of thiophene rings is 1. The van der Waals surface area contributed by atoms with E-state index in [0.717, 1.165) is 34.4 Å². The number of anilines is 1. The van der Waals surface area contributed by atoms with Crippen molar-refractivity contribution in [3.8, 4) is 0 Å². The number of nitrogens with one attached hydrogen (secondary N) is 1. The fraction of sp³-hybridized carbons (Fsp3) is 0.375. The zero-order valence-corrected chi connectivity index (χ0v) is 18.2. The van der Waals surface area contributed by atoms with E-state index in [1.54, 1.807) is 12.5 Å². The molecular weight excluding hydrogens is 376 g/mol. The normalized spacial score (nSPS) is 17.3. The standard InChI is InChI=1S/C24H28N4S/c1-4-24(2,3)18-12-13-20-19(15-18)21-22(25-16-26-23(21)29-20)28-27-14-8-11-17-9-6-5-7-10-17/h5-11,14,16,18H,4,12-13,15H2,1-3H3,(H,25,26,28)/b11-8+,27-14+. The number of hydrogen-bond donors (Lipinski definition) is 1. The monoisotopic (exact) mass is 404 g/mol. The van der Waals surface area contributed by atoms with Crippen molar-refractivity contribution in [1.29, 1.82) is 0 Å². The van der Waals surface area contributed by atoms with Gasteiger partial charge in [0, 0.05) is 11.1 Å². The Kier molecular flexibility index (Phi) is 5.76. The lowest BCUT2D eigenvalue weighted by Crippen LogP contribution is -2.28. The maximum Gasteiger partial charge on any atom is 0.158 e. The fourth-order valence-electron chi connectivity index (χ4n) is 4.01. The molecule has 4 rings (SSSR count). The Morgan fingerprint density at radius 2 is 2.07 bits per heavy atom. The van der Waals surface area contributed by atoms with Crippen LogP contribution in [0.25, 0.3) is 16.3 Å². The van der Waals surface area contributed by atoms with Gasteiger partial charge in [-0.3, -0.25) is 5.43 Å². The Labute approximate surface area is 176 Å². The average Bonchev–Trinajstić information content (AvgIpc) is 3.13. The summed E-state index contributed by atoms with van der Waals surface area (Å²) in [6.07, 6.45) is 12.1. The van der Waals surface area contributed by atoms with Gasteiger partial charge in [0.05, 0.1) is 5.39 Å². The third-order valence-electron chi connectivity index (χ3n) is 6.28. The molecule has 150 valence electrons. The van der Waals surface area contributed by atoms with Gasteiger partial charge in [0.25, 0.3) is 0 Å². The van der Waals surface area contributed by atoms with Crippen LogP contribution in [0.15, 0.2) is 47.8 Å². The van der Waals surface area contributed by atoms with Crippen molar-refractivity contribution in [2.45, 2.75) is 46.5 Å². The van der Waals surface area contributed by atoms with E-state index in [4.69, 9.17) is 0 Å². The molecule has 0 spiro atoms. The SMILES string of the molecule is CCC(C)(C)C1CCc2sc3ncnc(N/N=C/C=C/c4ccccc4)c3c2C1. The zero-order chi connectivity index (χ0) is 20.3. The largest absolute Gasteiger partial charge is 0.261 e. The van der Waals surface area contributed by atoms with Crippen molar-refractivity contribution < 1.29 is 0 Å². The zero-order valence-electron chi connectivity index (χ0n) is 17.4. The van der Waals surface area contributed by atoms with E-state index >= 15 is 0 Å². The van der Waals surface area contributed by atoms with Gasteiger partial charge in [-0.05, 0) is 47.8 Å². The van der Waals surface area contributed by atoms with Gasteiger partial charge >= 0.3 is 0 Å². The lowest BCUT2D eigenvalue weighted by molar-refractivity contribution is 0.184. The van der Waals surface area contributed by atoms with E-state index in [2.05, 4.69) is 53.4 Å². The first-order valence-corrected chi connectivity index (χ1v) is 11.2. The molecule has 1 aliphatic carbocycles. The molecule has 0 bridgehead atoms. The molecule has 2 aromatic heterocycles. The first-order valence-electron chi connectivity index (χ1n) is 10.3. The number of benzene rings is 1. The molecule has 1 aromatic carbocycles. The predicted octanol–water partition coefficient (Wildman–Crippen LogP) is 6.34. The Balaban J connectivity index is 1.56. The molecule has 29 heavy (non-hydrogen) atoms. The van der Waals surface area contributed by atoms with Crippen molar-refractivity contribution in [3.63, 3.8) is 0 Å². The molecule has 0 saturated heterocycles. The summed E-state index contributed by atoms with van der Waals surface area (Å²) < 4.78 is 0. The summed E-state index contributed by atoms with van der Waals surface area (Å²) in [5.74, 6) is 1.51. The van der Waals surface area contributed by atoms with Crippen LogP contribution in [-0.4, -0.2) is 16.2 Å². The minimum absolute atomic E-state index is 0.357. The van der Waals surface area contributed by atoms with Crippen LogP contribution in [0.1, 0.15) is 49.6 Å². The highest BCUT2D eigenvalue weighted by atomic mass is 32.1. The van der Waals surface area contributed by atoms with Gasteiger partial charge in [-0.2, -0.15) is 5.10 Å². The van der Waals surface area contributed by atoms with Gasteiger partial charge < -0.3 is 0 Å². The molecule has 5 heteroatoms. The second-order valence-electron chi connectivity index (χ2n) is 8.35. The molecule has 0 amide bonds. The van der Waals surface area contributed by atoms with Gasteiger partial charge in [0.15, 0.2) is 5.82 Å². The number of allylic oxidation sites excluding steroid dienone is 1. The van der Waals surface area contributed by atoms with Crippen LogP contribution in [0, 0.1) is 11.3 Å². The van der Waals surface area contributed by atoms with Gasteiger partial charge in [0.2, 0.25) is 0 Å². The first kappa shape index (κ1) is 19.8. The molecule has 1 N–H and O–H groups in total. The molecule has 0 fully saturated rings. The number of nitrogens with zero attached hydrogens (tertiary/aromatic N) is 3. The molecule has 0 radical (unpaired) electrons. The molecule has 1 atom stereocenters. The smallest absolute Gasteiger partial charge is 0.158 e. The second-order valence-corrected chi connectivity index (χ2v) is 9.43. The third-order valence-corrected chi connectivity index (χ3v) is 7.48. The quantitative estimate of drug-likeness (QED) is 0.385. The summed E-state index contributed by atoms with van der Waals surface area (Å²) in [5.41, 5.74) is 6.09. The van der Waals surface area contributed by atoms with Crippen LogP contribution in [-0.2, 0) is 12.8 Å². The molecule has 0 aliphatic heterocycles. The number of aryl methyl sites for hydroxylation is 1. The van der Waals surface area contributed by atoms with E-state index in [1.807, 2.05) is 41.7 Å². The fourth-order valence-corrected chi connectivity index (χ4v) is 5.19. The van der Waals surface area contributed by atoms with Crippen LogP contribution in [0.4, 0.5) is 5.82 Å². The van der Waals surface area contributed by atoms with Crippen LogP contribution in [0.2, 0.25) is 0 Å². The van der Waals surface area contributed by atoms with Crippen LogP contribution in [0.3, 0.4) is 0 Å². The topological polar surface area (TPSA) is 50.2 Å². The summed E-state index contributed by atoms with van der Waals surface area (Å²) in [6.45, 7) is 7.10. The number of hydrazone groups is 1. The Morgan fingerprint density at radius 3 is 2.86 bits per heavy atom. The summed E-state index contributed by atoms with van der Waals surface area (Å²) in [7, 11) is 0. The molecule has 1 aliphatic rings. The minimum atomic E-state index is 0.357.